The van der Waals surface area contributed by atoms with Crippen molar-refractivity contribution >= 4 is 5.91 Å². The molecule has 1 amide bonds. The van der Waals surface area contributed by atoms with Crippen molar-refractivity contribution in [2.45, 2.75) is 26.7 Å². The average molecular weight is 308 g/mol. The lowest BCUT2D eigenvalue weighted by Crippen LogP contribution is -2.38. The number of H-pyrrole nitrogens is 1. The zero-order valence-corrected chi connectivity index (χ0v) is 13.3. The number of hydrogen-bond acceptors (Lipinski definition) is 5. The van der Waals surface area contributed by atoms with Gasteiger partial charge in [-0.1, -0.05) is 0 Å². The van der Waals surface area contributed by atoms with E-state index in [0.29, 0.717) is 23.6 Å². The minimum atomic E-state index is -0.228. The summed E-state index contributed by atoms with van der Waals surface area (Å²) in [5, 5.41) is 2.86. The summed E-state index contributed by atoms with van der Waals surface area (Å²) in [6, 6.07) is 0. The number of aryl methyl sites for hydroxylation is 2. The number of nitrogens with zero attached hydrogens (tertiary/aromatic N) is 2. The standard InChI is InChI=1S/C15H24N4O3/c1-11-13(15(21)18-12(2)17-11)10-14(20)16-4-3-5-19-6-8-22-9-7-19/h3-10H2,1-2H3,(H,16,20)(H,17,18,21). The smallest absolute Gasteiger partial charge is 0.254 e. The van der Waals surface area contributed by atoms with Crippen LogP contribution in [0.4, 0.5) is 0 Å². The van der Waals surface area contributed by atoms with Gasteiger partial charge in [-0.2, -0.15) is 0 Å². The molecule has 1 aromatic heterocycles. The Morgan fingerprint density at radius 3 is 2.77 bits per heavy atom. The van der Waals surface area contributed by atoms with E-state index in [4.69, 9.17) is 4.74 Å². The lowest BCUT2D eigenvalue weighted by molar-refractivity contribution is -0.120. The first-order valence-corrected chi connectivity index (χ1v) is 7.69. The molecule has 0 unspecified atom stereocenters. The fourth-order valence-corrected chi connectivity index (χ4v) is 2.54. The highest BCUT2D eigenvalue weighted by Gasteiger charge is 2.12. The largest absolute Gasteiger partial charge is 0.379 e. The zero-order chi connectivity index (χ0) is 15.9. The van der Waals surface area contributed by atoms with E-state index < -0.39 is 0 Å². The summed E-state index contributed by atoms with van der Waals surface area (Å²) in [7, 11) is 0. The van der Waals surface area contributed by atoms with Gasteiger partial charge < -0.3 is 15.0 Å². The first-order valence-electron chi connectivity index (χ1n) is 7.69. The van der Waals surface area contributed by atoms with Crippen LogP contribution >= 0.6 is 0 Å². The topological polar surface area (TPSA) is 87.3 Å². The van der Waals surface area contributed by atoms with Gasteiger partial charge in [-0.05, 0) is 26.8 Å². The van der Waals surface area contributed by atoms with E-state index >= 15 is 0 Å². The number of carbonyl (C=O) groups excluding carboxylic acids is 1. The fraction of sp³-hybridized carbons (Fsp3) is 0.667. The molecule has 2 rings (SSSR count). The molecule has 1 aliphatic rings. The second-order valence-corrected chi connectivity index (χ2v) is 5.55. The number of aromatic nitrogens is 2. The predicted octanol–water partition coefficient (Wildman–Crippen LogP) is -0.232. The van der Waals surface area contributed by atoms with Crippen molar-refractivity contribution in [2.24, 2.45) is 0 Å². The summed E-state index contributed by atoms with van der Waals surface area (Å²) in [6.45, 7) is 8.54. The Morgan fingerprint density at radius 1 is 1.36 bits per heavy atom. The number of ether oxygens (including phenoxy) is 1. The van der Waals surface area contributed by atoms with Crippen molar-refractivity contribution in [3.05, 3.63) is 27.4 Å². The van der Waals surface area contributed by atoms with Crippen molar-refractivity contribution in [3.8, 4) is 0 Å². The minimum absolute atomic E-state index is 0.0754. The zero-order valence-electron chi connectivity index (χ0n) is 13.3. The van der Waals surface area contributed by atoms with Crippen LogP contribution in [0.25, 0.3) is 0 Å². The third kappa shape index (κ3) is 4.92. The number of aromatic amines is 1. The molecule has 2 heterocycles. The van der Waals surface area contributed by atoms with Crippen LogP contribution in [0.2, 0.25) is 0 Å². The highest BCUT2D eigenvalue weighted by atomic mass is 16.5. The maximum atomic E-state index is 11.9. The van der Waals surface area contributed by atoms with Crippen LogP contribution < -0.4 is 10.9 Å². The van der Waals surface area contributed by atoms with Crippen LogP contribution in [-0.2, 0) is 16.0 Å². The van der Waals surface area contributed by atoms with Gasteiger partial charge in [-0.25, -0.2) is 4.98 Å². The molecule has 0 bridgehead atoms. The third-order valence-corrected chi connectivity index (χ3v) is 3.75. The number of amides is 1. The van der Waals surface area contributed by atoms with Gasteiger partial charge in [0.15, 0.2) is 0 Å². The Labute approximate surface area is 130 Å². The normalized spacial score (nSPS) is 15.7. The second-order valence-electron chi connectivity index (χ2n) is 5.55. The van der Waals surface area contributed by atoms with Gasteiger partial charge in [0.2, 0.25) is 5.91 Å². The molecule has 22 heavy (non-hydrogen) atoms. The molecule has 0 spiro atoms. The molecular weight excluding hydrogens is 284 g/mol. The fourth-order valence-electron chi connectivity index (χ4n) is 2.54. The summed E-state index contributed by atoms with van der Waals surface area (Å²) >= 11 is 0. The van der Waals surface area contributed by atoms with Crippen molar-refractivity contribution in [3.63, 3.8) is 0 Å². The predicted molar refractivity (Wildman–Crippen MR) is 82.9 cm³/mol. The molecule has 1 aliphatic heterocycles. The van der Waals surface area contributed by atoms with Gasteiger partial charge >= 0.3 is 0 Å². The first-order chi connectivity index (χ1) is 10.6. The Morgan fingerprint density at radius 2 is 2.09 bits per heavy atom. The van der Waals surface area contributed by atoms with E-state index in [1.165, 1.54) is 0 Å². The van der Waals surface area contributed by atoms with Gasteiger partial charge in [0.05, 0.1) is 19.6 Å². The minimum Gasteiger partial charge on any atom is -0.379 e. The molecule has 1 saturated heterocycles. The van der Waals surface area contributed by atoms with Crippen LogP contribution in [0, 0.1) is 13.8 Å². The Hall–Kier alpha value is -1.73. The lowest BCUT2D eigenvalue weighted by atomic mass is 10.1. The maximum absolute atomic E-state index is 11.9. The average Bonchev–Trinajstić information content (AvgIpc) is 2.48. The summed E-state index contributed by atoms with van der Waals surface area (Å²) in [6.07, 6.45) is 0.971. The summed E-state index contributed by atoms with van der Waals surface area (Å²) in [5.41, 5.74) is 0.828. The van der Waals surface area contributed by atoms with E-state index in [-0.39, 0.29) is 17.9 Å². The quantitative estimate of drug-likeness (QED) is 0.709. The second kappa shape index (κ2) is 8.05. The maximum Gasteiger partial charge on any atom is 0.254 e. The highest BCUT2D eigenvalue weighted by molar-refractivity contribution is 5.78. The summed E-state index contributed by atoms with van der Waals surface area (Å²) < 4.78 is 5.29. The number of morpholine rings is 1. The molecule has 7 heteroatoms. The Bertz CT molecular complexity index is 564. The van der Waals surface area contributed by atoms with E-state index in [0.717, 1.165) is 39.3 Å². The third-order valence-electron chi connectivity index (χ3n) is 3.75. The molecule has 122 valence electrons. The summed E-state index contributed by atoms with van der Waals surface area (Å²) in [5.74, 6) is 0.429. The van der Waals surface area contributed by atoms with Crippen LogP contribution in [0.5, 0.6) is 0 Å². The molecule has 0 radical (unpaired) electrons. The molecule has 0 saturated carbocycles. The Kier molecular flexibility index (Phi) is 6.09. The van der Waals surface area contributed by atoms with E-state index in [9.17, 15) is 9.59 Å². The molecule has 1 aromatic rings. The lowest BCUT2D eigenvalue weighted by Gasteiger charge is -2.26. The number of hydrogen-bond donors (Lipinski definition) is 2. The Balaban J connectivity index is 1.73. The SMILES string of the molecule is Cc1nc(C)c(CC(=O)NCCCN2CCOCC2)c(=O)[nH]1. The molecule has 0 aliphatic carbocycles. The van der Waals surface area contributed by atoms with Gasteiger partial charge in [0.25, 0.3) is 5.56 Å². The molecule has 0 atom stereocenters. The van der Waals surface area contributed by atoms with Gasteiger partial charge in [0.1, 0.15) is 5.82 Å². The summed E-state index contributed by atoms with van der Waals surface area (Å²) in [4.78, 5) is 32.9. The van der Waals surface area contributed by atoms with E-state index in [1.54, 1.807) is 13.8 Å². The number of nitrogens with one attached hydrogen (secondary N) is 2. The van der Waals surface area contributed by atoms with Crippen molar-refractivity contribution < 1.29 is 9.53 Å². The van der Waals surface area contributed by atoms with Gasteiger partial charge in [-0.3, -0.25) is 14.5 Å². The highest BCUT2D eigenvalue weighted by Crippen LogP contribution is 2.00. The van der Waals surface area contributed by atoms with Crippen LogP contribution in [0.3, 0.4) is 0 Å². The van der Waals surface area contributed by atoms with Gasteiger partial charge in [0, 0.05) is 30.9 Å². The van der Waals surface area contributed by atoms with Crippen molar-refractivity contribution in [1.29, 1.82) is 0 Å². The first kappa shape index (κ1) is 16.6. The monoisotopic (exact) mass is 308 g/mol. The van der Waals surface area contributed by atoms with Gasteiger partial charge in [-0.15, -0.1) is 0 Å². The molecule has 7 nitrogen and oxygen atoms in total. The molecule has 2 N–H and O–H groups in total. The van der Waals surface area contributed by atoms with Crippen LogP contribution in [0.1, 0.15) is 23.5 Å². The number of carbonyl (C=O) groups is 1. The molecule has 0 aromatic carbocycles. The van der Waals surface area contributed by atoms with Crippen molar-refractivity contribution in [1.82, 2.24) is 20.2 Å². The van der Waals surface area contributed by atoms with Crippen LogP contribution in [0.15, 0.2) is 4.79 Å². The van der Waals surface area contributed by atoms with Crippen molar-refractivity contribution in [2.75, 3.05) is 39.4 Å². The molecule has 1 fully saturated rings. The van der Waals surface area contributed by atoms with E-state index in [1.807, 2.05) is 0 Å². The number of rotatable bonds is 6. The van der Waals surface area contributed by atoms with Crippen LogP contribution in [-0.4, -0.2) is 60.2 Å². The molecular formula is C15H24N4O3. The van der Waals surface area contributed by atoms with E-state index in [2.05, 4.69) is 20.2 Å².